The first-order valence-electron chi connectivity index (χ1n) is 7.90. The average molecular weight is 455 g/mol. The van der Waals surface area contributed by atoms with Crippen molar-refractivity contribution in [2.75, 3.05) is 0 Å². The molecule has 2 aromatic carbocycles. The van der Waals surface area contributed by atoms with Gasteiger partial charge in [0, 0.05) is 22.0 Å². The Bertz CT molecular complexity index is 950. The molecule has 0 N–H and O–H groups in total. The smallest absolute Gasteiger partial charge is 0.374 e. The SMILES string of the molecule is FC(F)(F)C=Nc1ccc(C2=NOC(c3cc(Cl)cc(Cl)c3)(C(F)(F)F)C2)cc1. The van der Waals surface area contributed by atoms with E-state index in [1.165, 1.54) is 30.3 Å². The van der Waals surface area contributed by atoms with Gasteiger partial charge in [-0.25, -0.2) is 0 Å². The number of rotatable bonds is 3. The molecule has 3 rings (SSSR count). The second-order valence-corrected chi connectivity index (χ2v) is 7.01. The highest BCUT2D eigenvalue weighted by Crippen LogP contribution is 2.49. The molecule has 29 heavy (non-hydrogen) atoms. The normalized spacial score (nSPS) is 20.1. The lowest BCUT2D eigenvalue weighted by molar-refractivity contribution is -0.275. The van der Waals surface area contributed by atoms with Gasteiger partial charge in [-0.15, -0.1) is 0 Å². The summed E-state index contributed by atoms with van der Waals surface area (Å²) in [5.41, 5.74) is -2.91. The van der Waals surface area contributed by atoms with Crippen molar-refractivity contribution in [2.24, 2.45) is 10.1 Å². The van der Waals surface area contributed by atoms with Gasteiger partial charge in [-0.2, -0.15) is 26.3 Å². The summed E-state index contributed by atoms with van der Waals surface area (Å²) in [6.45, 7) is 0. The molecule has 0 fully saturated rings. The summed E-state index contributed by atoms with van der Waals surface area (Å²) in [5.74, 6) is 0. The molecule has 0 aromatic heterocycles. The predicted molar refractivity (Wildman–Crippen MR) is 97.1 cm³/mol. The van der Waals surface area contributed by atoms with Gasteiger partial charge >= 0.3 is 12.4 Å². The second kappa shape index (κ2) is 7.53. The van der Waals surface area contributed by atoms with Crippen LogP contribution in [0.3, 0.4) is 0 Å². The Labute approximate surface area is 170 Å². The van der Waals surface area contributed by atoms with Crippen LogP contribution in [-0.2, 0) is 10.4 Å². The molecule has 3 nitrogen and oxygen atoms in total. The summed E-state index contributed by atoms with van der Waals surface area (Å²) >= 11 is 11.7. The van der Waals surface area contributed by atoms with Crippen LogP contribution in [0.2, 0.25) is 10.0 Å². The van der Waals surface area contributed by atoms with E-state index in [-0.39, 0.29) is 38.8 Å². The Morgan fingerprint density at radius 3 is 2.07 bits per heavy atom. The maximum atomic E-state index is 13.9. The molecule has 0 bridgehead atoms. The lowest BCUT2D eigenvalue weighted by atomic mass is 9.86. The fourth-order valence-corrected chi connectivity index (χ4v) is 3.26. The molecule has 0 spiro atoms. The number of alkyl halides is 6. The Morgan fingerprint density at radius 1 is 0.966 bits per heavy atom. The van der Waals surface area contributed by atoms with E-state index >= 15 is 0 Å². The third-order valence-corrected chi connectivity index (χ3v) is 4.51. The molecule has 0 amide bonds. The minimum Gasteiger partial charge on any atom is -0.374 e. The van der Waals surface area contributed by atoms with Gasteiger partial charge in [-0.1, -0.05) is 40.5 Å². The third kappa shape index (κ3) is 4.67. The molecule has 0 radical (unpaired) electrons. The summed E-state index contributed by atoms with van der Waals surface area (Å²) in [6, 6.07) is 8.54. The van der Waals surface area contributed by atoms with E-state index in [0.717, 1.165) is 12.1 Å². The molecule has 0 saturated carbocycles. The van der Waals surface area contributed by atoms with Crippen molar-refractivity contribution in [3.05, 3.63) is 63.6 Å². The molecule has 1 aliphatic rings. The molecule has 11 heteroatoms. The standard InChI is InChI=1S/C18H10Cl2F6N2O/c19-12-5-11(6-13(20)7-12)16(18(24,25)26)8-15(28-29-16)10-1-3-14(4-2-10)27-9-17(21,22)23/h1-7,9H,8H2. The summed E-state index contributed by atoms with van der Waals surface area (Å²) < 4.78 is 78.3. The van der Waals surface area contributed by atoms with Crippen LogP contribution in [0.5, 0.6) is 0 Å². The average Bonchev–Trinajstić information content (AvgIpc) is 3.06. The highest BCUT2D eigenvalue weighted by Gasteiger charge is 2.62. The van der Waals surface area contributed by atoms with Crippen molar-refractivity contribution in [3.8, 4) is 0 Å². The summed E-state index contributed by atoms with van der Waals surface area (Å²) in [5, 5.41) is 3.57. The molecular weight excluding hydrogens is 445 g/mol. The highest BCUT2D eigenvalue weighted by atomic mass is 35.5. The van der Waals surface area contributed by atoms with Crippen molar-refractivity contribution >= 4 is 40.8 Å². The number of aliphatic imine (C=N–C) groups is 1. The lowest BCUT2D eigenvalue weighted by Gasteiger charge is -2.29. The summed E-state index contributed by atoms with van der Waals surface area (Å²) in [7, 11) is 0. The van der Waals surface area contributed by atoms with Gasteiger partial charge < -0.3 is 4.84 Å². The van der Waals surface area contributed by atoms with Gasteiger partial charge in [0.15, 0.2) is 0 Å². The number of hydrogen-bond acceptors (Lipinski definition) is 3. The number of benzene rings is 2. The molecule has 0 aliphatic carbocycles. The zero-order chi connectivity index (χ0) is 21.4. The van der Waals surface area contributed by atoms with Crippen LogP contribution in [0.4, 0.5) is 32.0 Å². The van der Waals surface area contributed by atoms with Crippen LogP contribution in [0, 0.1) is 0 Å². The van der Waals surface area contributed by atoms with Gasteiger partial charge in [-0.3, -0.25) is 4.99 Å². The quantitative estimate of drug-likeness (QED) is 0.369. The monoisotopic (exact) mass is 454 g/mol. The van der Waals surface area contributed by atoms with Crippen molar-refractivity contribution in [2.45, 2.75) is 24.4 Å². The van der Waals surface area contributed by atoms with Crippen LogP contribution in [0.1, 0.15) is 17.5 Å². The first kappa shape index (κ1) is 21.4. The minimum atomic E-state index is -4.84. The van der Waals surface area contributed by atoms with Crippen LogP contribution >= 0.6 is 23.2 Å². The predicted octanol–water partition coefficient (Wildman–Crippen LogP) is 6.84. The number of oxime groups is 1. The van der Waals surface area contributed by atoms with Gasteiger partial charge in [0.1, 0.15) is 6.21 Å². The van der Waals surface area contributed by atoms with Crippen molar-refractivity contribution < 1.29 is 31.2 Å². The van der Waals surface area contributed by atoms with E-state index in [2.05, 4.69) is 10.1 Å². The Morgan fingerprint density at radius 2 is 1.55 bits per heavy atom. The van der Waals surface area contributed by atoms with Gasteiger partial charge in [0.2, 0.25) is 0 Å². The fraction of sp³-hybridized carbons (Fsp3) is 0.222. The molecule has 1 heterocycles. The van der Waals surface area contributed by atoms with E-state index in [9.17, 15) is 26.3 Å². The van der Waals surface area contributed by atoms with Crippen molar-refractivity contribution in [1.29, 1.82) is 0 Å². The Balaban J connectivity index is 1.90. The summed E-state index contributed by atoms with van der Waals surface area (Å²) in [6.07, 6.45) is -10.3. The number of hydrogen-bond donors (Lipinski definition) is 0. The summed E-state index contributed by atoms with van der Waals surface area (Å²) in [4.78, 5) is 8.11. The Kier molecular flexibility index (Phi) is 5.57. The first-order valence-corrected chi connectivity index (χ1v) is 8.66. The minimum absolute atomic E-state index is 0.0000501. The fourth-order valence-electron chi connectivity index (χ4n) is 2.73. The van der Waals surface area contributed by atoms with Crippen LogP contribution in [0.25, 0.3) is 0 Å². The zero-order valence-corrected chi connectivity index (χ0v) is 15.7. The van der Waals surface area contributed by atoms with E-state index in [4.69, 9.17) is 28.0 Å². The lowest BCUT2D eigenvalue weighted by Crippen LogP contribution is -2.42. The first-order chi connectivity index (χ1) is 13.4. The molecule has 2 aromatic rings. The van der Waals surface area contributed by atoms with Crippen molar-refractivity contribution in [1.82, 2.24) is 0 Å². The van der Waals surface area contributed by atoms with Gasteiger partial charge in [0.25, 0.3) is 5.60 Å². The van der Waals surface area contributed by atoms with Crippen LogP contribution in [0.15, 0.2) is 52.6 Å². The zero-order valence-electron chi connectivity index (χ0n) is 14.2. The maximum absolute atomic E-state index is 13.9. The molecule has 1 atom stereocenters. The van der Waals surface area contributed by atoms with Gasteiger partial charge in [-0.05, 0) is 35.9 Å². The van der Waals surface area contributed by atoms with Gasteiger partial charge in [0.05, 0.1) is 11.4 Å². The molecule has 1 unspecified atom stereocenters. The topological polar surface area (TPSA) is 34.0 Å². The van der Waals surface area contributed by atoms with Crippen LogP contribution in [-0.4, -0.2) is 24.3 Å². The van der Waals surface area contributed by atoms with Crippen molar-refractivity contribution in [3.63, 3.8) is 0 Å². The number of halogens is 8. The van der Waals surface area contributed by atoms with E-state index < -0.39 is 24.4 Å². The van der Waals surface area contributed by atoms with E-state index in [1.807, 2.05) is 0 Å². The maximum Gasteiger partial charge on any atom is 0.435 e. The van der Waals surface area contributed by atoms with E-state index in [0.29, 0.717) is 0 Å². The third-order valence-electron chi connectivity index (χ3n) is 4.08. The highest BCUT2D eigenvalue weighted by molar-refractivity contribution is 6.34. The molecular formula is C18H10Cl2F6N2O. The largest absolute Gasteiger partial charge is 0.435 e. The molecule has 1 aliphatic heterocycles. The molecule has 154 valence electrons. The van der Waals surface area contributed by atoms with Crippen LogP contribution < -0.4 is 0 Å². The van der Waals surface area contributed by atoms with E-state index in [1.54, 1.807) is 0 Å². The molecule has 0 saturated heterocycles. The second-order valence-electron chi connectivity index (χ2n) is 6.14. The Hall–Kier alpha value is -2.26. The number of nitrogens with zero attached hydrogens (tertiary/aromatic N) is 2.